The summed E-state index contributed by atoms with van der Waals surface area (Å²) in [6.45, 7) is 1.52. The van der Waals surface area contributed by atoms with Crippen LogP contribution in [0.25, 0.3) is 0 Å². The van der Waals surface area contributed by atoms with Crippen molar-refractivity contribution in [2.45, 2.75) is 6.92 Å². The third-order valence-electron chi connectivity index (χ3n) is 1.34. The van der Waals surface area contributed by atoms with Crippen LogP contribution in [0.2, 0.25) is 0 Å². The first-order valence-corrected chi connectivity index (χ1v) is 2.84. The van der Waals surface area contributed by atoms with Gasteiger partial charge in [0.25, 0.3) is 0 Å². The van der Waals surface area contributed by atoms with E-state index in [9.17, 15) is 9.30 Å². The van der Waals surface area contributed by atoms with E-state index in [0.717, 1.165) is 0 Å². The molecular formula is C7H6FNO. The van der Waals surface area contributed by atoms with Crippen LogP contribution in [0.1, 0.15) is 5.56 Å². The van der Waals surface area contributed by atoms with E-state index in [2.05, 4.69) is 5.18 Å². The van der Waals surface area contributed by atoms with Crippen molar-refractivity contribution in [2.24, 2.45) is 5.18 Å². The van der Waals surface area contributed by atoms with Crippen molar-refractivity contribution in [3.05, 3.63) is 34.5 Å². The molecule has 0 aliphatic heterocycles. The average molecular weight is 139 g/mol. The second-order valence-corrected chi connectivity index (χ2v) is 1.98. The smallest absolute Gasteiger partial charge is 0.128 e. The number of hydrogen-bond donors (Lipinski definition) is 0. The van der Waals surface area contributed by atoms with E-state index in [1.807, 2.05) is 0 Å². The van der Waals surface area contributed by atoms with E-state index in [-0.39, 0.29) is 5.69 Å². The summed E-state index contributed by atoms with van der Waals surface area (Å²) in [7, 11) is 0. The van der Waals surface area contributed by atoms with Crippen LogP contribution in [0.5, 0.6) is 0 Å². The molecule has 52 valence electrons. The van der Waals surface area contributed by atoms with Crippen molar-refractivity contribution in [3.63, 3.8) is 0 Å². The Bertz CT molecular complexity index is 260. The molecule has 1 aromatic carbocycles. The van der Waals surface area contributed by atoms with Gasteiger partial charge in [0.2, 0.25) is 0 Å². The van der Waals surface area contributed by atoms with Crippen molar-refractivity contribution < 1.29 is 4.39 Å². The highest BCUT2D eigenvalue weighted by molar-refractivity contribution is 5.45. The van der Waals surface area contributed by atoms with Crippen molar-refractivity contribution in [3.8, 4) is 0 Å². The second-order valence-electron chi connectivity index (χ2n) is 1.98. The molecule has 0 saturated heterocycles. The largest absolute Gasteiger partial charge is 0.207 e. The van der Waals surface area contributed by atoms with Gasteiger partial charge in [-0.3, -0.25) is 0 Å². The summed E-state index contributed by atoms with van der Waals surface area (Å²) in [5.41, 5.74) is 0.470. The highest BCUT2D eigenvalue weighted by Crippen LogP contribution is 2.19. The molecule has 1 rings (SSSR count). The minimum atomic E-state index is -0.392. The first-order valence-electron chi connectivity index (χ1n) is 2.84. The lowest BCUT2D eigenvalue weighted by molar-refractivity contribution is 0.619. The highest BCUT2D eigenvalue weighted by atomic mass is 19.1. The van der Waals surface area contributed by atoms with E-state index in [1.54, 1.807) is 0 Å². The van der Waals surface area contributed by atoms with Crippen LogP contribution in [0.3, 0.4) is 0 Å². The van der Waals surface area contributed by atoms with Gasteiger partial charge in [0.15, 0.2) is 0 Å². The molecule has 0 saturated carbocycles. The summed E-state index contributed by atoms with van der Waals surface area (Å²) in [6.07, 6.45) is 0. The zero-order chi connectivity index (χ0) is 7.56. The topological polar surface area (TPSA) is 29.4 Å². The Labute approximate surface area is 57.7 Å². The molecule has 0 unspecified atom stereocenters. The molecule has 3 heteroatoms. The van der Waals surface area contributed by atoms with Gasteiger partial charge in [-0.1, -0.05) is 6.07 Å². The molecule has 0 aliphatic carbocycles. The molecule has 0 bridgehead atoms. The molecule has 0 aliphatic rings. The van der Waals surface area contributed by atoms with Crippen molar-refractivity contribution in [2.75, 3.05) is 0 Å². The summed E-state index contributed by atoms with van der Waals surface area (Å²) in [5.74, 6) is -0.392. The molecule has 2 nitrogen and oxygen atoms in total. The first-order chi connectivity index (χ1) is 4.75. The Balaban J connectivity index is 3.27. The Morgan fingerprint density at radius 1 is 1.50 bits per heavy atom. The molecular weight excluding hydrogens is 133 g/mol. The van der Waals surface area contributed by atoms with Gasteiger partial charge in [-0.2, -0.15) is 0 Å². The molecule has 10 heavy (non-hydrogen) atoms. The molecule has 0 amide bonds. The van der Waals surface area contributed by atoms with E-state index >= 15 is 0 Å². The third-order valence-corrected chi connectivity index (χ3v) is 1.34. The van der Waals surface area contributed by atoms with Crippen molar-refractivity contribution in [1.29, 1.82) is 0 Å². The maximum absolute atomic E-state index is 12.6. The molecule has 1 aromatic rings. The quantitative estimate of drug-likeness (QED) is 0.549. The number of nitrogens with zero attached hydrogens (tertiary/aromatic N) is 1. The molecule has 0 heterocycles. The molecule has 0 spiro atoms. The Hall–Kier alpha value is -1.25. The monoisotopic (exact) mass is 139 g/mol. The fourth-order valence-electron chi connectivity index (χ4n) is 0.695. The average Bonchev–Trinajstić information content (AvgIpc) is 1.95. The summed E-state index contributed by atoms with van der Waals surface area (Å²) in [4.78, 5) is 9.96. The van der Waals surface area contributed by atoms with Gasteiger partial charge in [0, 0.05) is 5.56 Å². The van der Waals surface area contributed by atoms with Crippen molar-refractivity contribution in [1.82, 2.24) is 0 Å². The van der Waals surface area contributed by atoms with Gasteiger partial charge in [-0.15, -0.1) is 4.91 Å². The maximum atomic E-state index is 12.6. The van der Waals surface area contributed by atoms with E-state index < -0.39 is 5.82 Å². The molecule has 0 radical (unpaired) electrons. The van der Waals surface area contributed by atoms with Gasteiger partial charge in [0.05, 0.1) is 0 Å². The van der Waals surface area contributed by atoms with Gasteiger partial charge >= 0.3 is 0 Å². The van der Waals surface area contributed by atoms with Crippen LogP contribution in [0.15, 0.2) is 23.4 Å². The number of rotatable bonds is 1. The lowest BCUT2D eigenvalue weighted by Gasteiger charge is -1.95. The molecule has 0 aromatic heterocycles. The van der Waals surface area contributed by atoms with Gasteiger partial charge in [-0.25, -0.2) is 4.39 Å². The van der Waals surface area contributed by atoms with E-state index in [0.29, 0.717) is 5.56 Å². The van der Waals surface area contributed by atoms with Crippen LogP contribution >= 0.6 is 0 Å². The summed E-state index contributed by atoms with van der Waals surface area (Å²) in [6, 6.07) is 4.23. The Morgan fingerprint density at radius 3 is 2.70 bits per heavy atom. The number of nitroso groups, excluding NO2 is 1. The number of benzene rings is 1. The Kier molecular flexibility index (Phi) is 1.76. The summed E-state index contributed by atoms with van der Waals surface area (Å²) in [5, 5.41) is 2.64. The standard InChI is InChI=1S/C7H6FNO/c1-5-6(8)3-2-4-7(5)9-10/h2-4H,1H3. The van der Waals surface area contributed by atoms with Crippen molar-refractivity contribution >= 4 is 5.69 Å². The molecule has 0 fully saturated rings. The van der Waals surface area contributed by atoms with Gasteiger partial charge in [-0.05, 0) is 24.2 Å². The highest BCUT2D eigenvalue weighted by Gasteiger charge is 2.01. The lowest BCUT2D eigenvalue weighted by Crippen LogP contribution is -1.79. The number of hydrogen-bond acceptors (Lipinski definition) is 2. The fourth-order valence-corrected chi connectivity index (χ4v) is 0.695. The van der Waals surface area contributed by atoms with Crippen LogP contribution in [0, 0.1) is 17.6 Å². The zero-order valence-corrected chi connectivity index (χ0v) is 5.47. The van der Waals surface area contributed by atoms with E-state index in [1.165, 1.54) is 25.1 Å². The number of halogens is 1. The first kappa shape index (κ1) is 6.86. The third kappa shape index (κ3) is 1.03. The SMILES string of the molecule is Cc1c(F)cccc1N=O. The second kappa shape index (κ2) is 2.56. The van der Waals surface area contributed by atoms with Crippen LogP contribution < -0.4 is 0 Å². The van der Waals surface area contributed by atoms with Crippen LogP contribution in [-0.2, 0) is 0 Å². The lowest BCUT2D eigenvalue weighted by atomic mass is 10.2. The van der Waals surface area contributed by atoms with Crippen LogP contribution in [0.4, 0.5) is 10.1 Å². The maximum Gasteiger partial charge on any atom is 0.128 e. The minimum Gasteiger partial charge on any atom is -0.207 e. The minimum absolute atomic E-state index is 0.167. The summed E-state index contributed by atoms with van der Waals surface area (Å²) < 4.78 is 12.6. The zero-order valence-electron chi connectivity index (χ0n) is 5.47. The Morgan fingerprint density at radius 2 is 2.20 bits per heavy atom. The predicted octanol–water partition coefficient (Wildman–Crippen LogP) is 2.53. The molecule has 0 N–H and O–H groups in total. The normalized spacial score (nSPS) is 9.40. The van der Waals surface area contributed by atoms with Crippen LogP contribution in [-0.4, -0.2) is 0 Å². The van der Waals surface area contributed by atoms with E-state index in [4.69, 9.17) is 0 Å². The van der Waals surface area contributed by atoms with Gasteiger partial charge in [0.1, 0.15) is 11.5 Å². The van der Waals surface area contributed by atoms with Gasteiger partial charge < -0.3 is 0 Å². The summed E-state index contributed by atoms with van der Waals surface area (Å²) >= 11 is 0. The fraction of sp³-hybridized carbons (Fsp3) is 0.143. The predicted molar refractivity (Wildman–Crippen MR) is 36.6 cm³/mol. The molecule has 0 atom stereocenters.